The van der Waals surface area contributed by atoms with Crippen LogP contribution < -0.4 is 11.0 Å². The molecule has 0 aliphatic carbocycles. The highest BCUT2D eigenvalue weighted by atomic mass is 16.6. The summed E-state index contributed by atoms with van der Waals surface area (Å²) in [5.74, 6) is -0.0722. The van der Waals surface area contributed by atoms with E-state index in [1.54, 1.807) is 0 Å². The number of amides is 1. The molecular weight excluding hydrogens is 462 g/mol. The quantitative estimate of drug-likeness (QED) is 0.175. The summed E-state index contributed by atoms with van der Waals surface area (Å²) in [6.07, 6.45) is 17.0. The Hall–Kier alpha value is -2.07. The van der Waals surface area contributed by atoms with Gasteiger partial charge in [-0.2, -0.15) is 4.98 Å². The molecule has 1 fully saturated rings. The smallest absolute Gasteiger partial charge is 0.351 e. The highest BCUT2D eigenvalue weighted by molar-refractivity contribution is 5.89. The summed E-state index contributed by atoms with van der Waals surface area (Å²) in [7, 11) is 0. The third kappa shape index (κ3) is 10.5. The first kappa shape index (κ1) is 30.2. The summed E-state index contributed by atoms with van der Waals surface area (Å²) >= 11 is 0. The fraction of sp³-hybridized carbons (Fsp3) is 0.741. The average molecular weight is 508 g/mol. The van der Waals surface area contributed by atoms with E-state index in [2.05, 4.69) is 29.4 Å². The Kier molecular flexibility index (Phi) is 14.6. The van der Waals surface area contributed by atoms with Crippen LogP contribution in [0.3, 0.4) is 0 Å². The number of anilines is 1. The minimum absolute atomic E-state index is 0.128. The molecular formula is C27H45N3O6. The lowest BCUT2D eigenvalue weighted by Crippen LogP contribution is -2.36. The summed E-state index contributed by atoms with van der Waals surface area (Å²) in [6, 6.07) is 1.44. The summed E-state index contributed by atoms with van der Waals surface area (Å²) in [6.45, 7) is 1.75. The molecule has 1 saturated heterocycles. The number of hydrogen-bond donors (Lipinski definition) is 4. The zero-order chi connectivity index (χ0) is 26.2. The largest absolute Gasteiger partial charge is 0.394 e. The number of allylic oxidation sites excluding steroid dienone is 2. The number of hydrogen-bond acceptors (Lipinski definition) is 7. The Morgan fingerprint density at radius 2 is 1.61 bits per heavy atom. The molecule has 0 bridgehead atoms. The maximum absolute atomic E-state index is 12.3. The molecule has 0 radical (unpaired) electrons. The van der Waals surface area contributed by atoms with E-state index in [1.807, 2.05) is 0 Å². The molecule has 0 saturated carbocycles. The highest BCUT2D eigenvalue weighted by Gasteiger charge is 2.43. The van der Waals surface area contributed by atoms with Crippen molar-refractivity contribution >= 4 is 11.7 Å². The molecule has 1 aliphatic rings. The SMILES string of the molecule is CCCCCCC=CCCCCCCCCCC(=O)Nc1ccn([C@@H]2O[C@H](CO)[C@@H](O)[C@@H]2O)c(=O)n1. The zero-order valence-corrected chi connectivity index (χ0v) is 21.7. The van der Waals surface area contributed by atoms with E-state index in [-0.39, 0.29) is 11.7 Å². The molecule has 0 aromatic carbocycles. The maximum Gasteiger partial charge on any atom is 0.351 e. The van der Waals surface area contributed by atoms with Crippen molar-refractivity contribution in [3.05, 3.63) is 34.9 Å². The Balaban J connectivity index is 1.54. The lowest BCUT2D eigenvalue weighted by molar-refractivity contribution is -0.116. The fourth-order valence-electron chi connectivity index (χ4n) is 4.35. The number of nitrogens with zero attached hydrogens (tertiary/aromatic N) is 2. The van der Waals surface area contributed by atoms with E-state index in [1.165, 1.54) is 76.5 Å². The van der Waals surface area contributed by atoms with Crippen LogP contribution in [0.1, 0.15) is 103 Å². The van der Waals surface area contributed by atoms with Crippen molar-refractivity contribution in [3.8, 4) is 0 Å². The summed E-state index contributed by atoms with van der Waals surface area (Å²) in [5, 5.41) is 31.7. The van der Waals surface area contributed by atoms with Gasteiger partial charge in [-0.3, -0.25) is 9.36 Å². The van der Waals surface area contributed by atoms with E-state index in [0.717, 1.165) is 23.8 Å². The predicted molar refractivity (Wildman–Crippen MR) is 140 cm³/mol. The van der Waals surface area contributed by atoms with Gasteiger partial charge in [0.05, 0.1) is 6.61 Å². The van der Waals surface area contributed by atoms with Gasteiger partial charge in [0.2, 0.25) is 5.91 Å². The average Bonchev–Trinajstić information content (AvgIpc) is 3.15. The molecule has 1 amide bonds. The van der Waals surface area contributed by atoms with E-state index in [9.17, 15) is 24.9 Å². The number of carbonyl (C=O) groups is 1. The normalized spacial score (nSPS) is 21.9. The van der Waals surface area contributed by atoms with Crippen LogP contribution in [0.25, 0.3) is 0 Å². The number of carbonyl (C=O) groups excluding carboxylic acids is 1. The Morgan fingerprint density at radius 3 is 2.19 bits per heavy atom. The van der Waals surface area contributed by atoms with Crippen LogP contribution in [0.2, 0.25) is 0 Å². The van der Waals surface area contributed by atoms with E-state index in [0.29, 0.717) is 6.42 Å². The number of rotatable bonds is 18. The number of nitrogens with one attached hydrogen (secondary N) is 1. The van der Waals surface area contributed by atoms with Crippen molar-refractivity contribution in [2.24, 2.45) is 0 Å². The van der Waals surface area contributed by atoms with Gasteiger partial charge in [0.1, 0.15) is 24.1 Å². The van der Waals surface area contributed by atoms with Crippen LogP contribution >= 0.6 is 0 Å². The number of aromatic nitrogens is 2. The third-order valence-electron chi connectivity index (χ3n) is 6.55. The van der Waals surface area contributed by atoms with Crippen molar-refractivity contribution in [1.29, 1.82) is 0 Å². The highest BCUT2D eigenvalue weighted by Crippen LogP contribution is 2.28. The first-order valence-electron chi connectivity index (χ1n) is 13.6. The van der Waals surface area contributed by atoms with Crippen molar-refractivity contribution in [2.45, 2.75) is 121 Å². The first-order chi connectivity index (χ1) is 17.5. The Bertz CT molecular complexity index is 843. The number of ether oxygens (including phenoxy) is 1. The minimum atomic E-state index is -1.37. The molecule has 2 heterocycles. The van der Waals surface area contributed by atoms with Gasteiger partial charge in [0.25, 0.3) is 0 Å². The second-order valence-corrected chi connectivity index (χ2v) is 9.61. The van der Waals surface area contributed by atoms with Gasteiger partial charge < -0.3 is 25.4 Å². The molecule has 1 aromatic rings. The molecule has 1 aromatic heterocycles. The van der Waals surface area contributed by atoms with E-state index >= 15 is 0 Å². The van der Waals surface area contributed by atoms with Crippen molar-refractivity contribution in [2.75, 3.05) is 11.9 Å². The van der Waals surface area contributed by atoms with Crippen LogP contribution in [-0.4, -0.2) is 55.7 Å². The lowest BCUT2D eigenvalue weighted by Gasteiger charge is -2.17. The molecule has 4 atom stereocenters. The van der Waals surface area contributed by atoms with E-state index < -0.39 is 36.8 Å². The minimum Gasteiger partial charge on any atom is -0.394 e. The van der Waals surface area contributed by atoms with Crippen molar-refractivity contribution < 1.29 is 24.9 Å². The number of aliphatic hydroxyl groups is 3. The topological polar surface area (TPSA) is 134 Å². The van der Waals surface area contributed by atoms with Gasteiger partial charge in [-0.25, -0.2) is 4.79 Å². The number of aliphatic hydroxyl groups excluding tert-OH is 3. The second kappa shape index (κ2) is 17.4. The second-order valence-electron chi connectivity index (χ2n) is 9.61. The molecule has 9 heteroatoms. The molecule has 36 heavy (non-hydrogen) atoms. The number of unbranched alkanes of at least 4 members (excludes halogenated alkanes) is 11. The third-order valence-corrected chi connectivity index (χ3v) is 6.55. The van der Waals surface area contributed by atoms with Gasteiger partial charge in [0, 0.05) is 12.6 Å². The first-order valence-corrected chi connectivity index (χ1v) is 13.6. The fourth-order valence-corrected chi connectivity index (χ4v) is 4.35. The van der Waals surface area contributed by atoms with Gasteiger partial charge in [0.15, 0.2) is 6.23 Å². The van der Waals surface area contributed by atoms with Crippen LogP contribution in [0, 0.1) is 0 Å². The van der Waals surface area contributed by atoms with Crippen LogP contribution in [-0.2, 0) is 9.53 Å². The summed E-state index contributed by atoms with van der Waals surface area (Å²) < 4.78 is 6.37. The van der Waals surface area contributed by atoms with Gasteiger partial charge in [-0.15, -0.1) is 0 Å². The molecule has 4 N–H and O–H groups in total. The Labute approximate surface area is 214 Å². The molecule has 1 aliphatic heterocycles. The Morgan fingerprint density at radius 1 is 1.00 bits per heavy atom. The molecule has 0 unspecified atom stereocenters. The zero-order valence-electron chi connectivity index (χ0n) is 21.7. The monoisotopic (exact) mass is 507 g/mol. The summed E-state index contributed by atoms with van der Waals surface area (Å²) in [5.41, 5.74) is -0.731. The standard InChI is InChI=1S/C27H45N3O6/c1-2-3-4-5-6-7-8-9-10-11-12-13-14-15-16-17-23(32)28-22-18-19-30(27(35)29-22)26-25(34)24(33)21(20-31)36-26/h7-8,18-19,21,24-26,31,33-34H,2-6,9-17,20H2,1H3,(H,28,29,32,35)/t21-,24-,25+,26-/m1/s1. The maximum atomic E-state index is 12.3. The molecule has 9 nitrogen and oxygen atoms in total. The van der Waals surface area contributed by atoms with Crippen LogP contribution in [0.4, 0.5) is 5.82 Å². The van der Waals surface area contributed by atoms with Crippen molar-refractivity contribution in [3.63, 3.8) is 0 Å². The van der Waals surface area contributed by atoms with Gasteiger partial charge in [-0.1, -0.05) is 70.4 Å². The van der Waals surface area contributed by atoms with Crippen LogP contribution in [0.15, 0.2) is 29.2 Å². The van der Waals surface area contributed by atoms with E-state index in [4.69, 9.17) is 4.74 Å². The molecule has 2 rings (SSSR count). The van der Waals surface area contributed by atoms with Crippen molar-refractivity contribution in [1.82, 2.24) is 9.55 Å². The van der Waals surface area contributed by atoms with Gasteiger partial charge >= 0.3 is 5.69 Å². The van der Waals surface area contributed by atoms with Crippen LogP contribution in [0.5, 0.6) is 0 Å². The lowest BCUT2D eigenvalue weighted by atomic mass is 10.1. The molecule has 204 valence electrons. The predicted octanol–water partition coefficient (Wildman–Crippen LogP) is 3.83. The molecule has 0 spiro atoms. The van der Waals surface area contributed by atoms with Gasteiger partial charge in [-0.05, 0) is 38.2 Å². The summed E-state index contributed by atoms with van der Waals surface area (Å²) in [4.78, 5) is 28.3.